The summed E-state index contributed by atoms with van der Waals surface area (Å²) in [5, 5.41) is 10.6. The first-order chi connectivity index (χ1) is 13.0. The molecule has 2 unspecified atom stereocenters. The summed E-state index contributed by atoms with van der Waals surface area (Å²) in [5.41, 5.74) is 3.70. The van der Waals surface area contributed by atoms with Gasteiger partial charge in [0.2, 0.25) is 0 Å². The fourth-order valence-corrected chi connectivity index (χ4v) is 5.90. The van der Waals surface area contributed by atoms with E-state index in [-0.39, 0.29) is 0 Å². The monoisotopic (exact) mass is 404 g/mol. The third-order valence-corrected chi connectivity index (χ3v) is 7.47. The van der Waals surface area contributed by atoms with E-state index in [1.54, 1.807) is 4.90 Å². The lowest BCUT2D eigenvalue weighted by Crippen LogP contribution is -2.50. The molecule has 27 heavy (non-hydrogen) atoms. The second-order valence-electron chi connectivity index (χ2n) is 8.08. The van der Waals surface area contributed by atoms with Crippen molar-refractivity contribution in [3.63, 3.8) is 0 Å². The van der Waals surface area contributed by atoms with Gasteiger partial charge in [-0.2, -0.15) is 0 Å². The van der Waals surface area contributed by atoms with Gasteiger partial charge in [-0.25, -0.2) is 4.79 Å². The first-order valence-corrected chi connectivity index (χ1v) is 10.4. The van der Waals surface area contributed by atoms with E-state index in [1.165, 1.54) is 24.0 Å². The van der Waals surface area contributed by atoms with Gasteiger partial charge in [0.1, 0.15) is 0 Å². The fraction of sp³-hybridized carbons (Fsp3) is 0.476. The molecule has 1 aromatic rings. The molecule has 0 spiro atoms. The third kappa shape index (κ3) is 2.81. The highest BCUT2D eigenvalue weighted by atomic mass is 35.5. The molecule has 1 N–H and O–H groups in total. The molecule has 3 saturated heterocycles. The second-order valence-corrected chi connectivity index (χ2v) is 8.89. The highest BCUT2D eigenvalue weighted by molar-refractivity contribution is 6.42. The normalized spacial score (nSPS) is 32.4. The molecule has 142 valence electrons. The number of hydrogen-bond acceptors (Lipinski definition) is 2. The molecular formula is C21H22Cl2N2O2. The van der Waals surface area contributed by atoms with Crippen LogP contribution in [0.25, 0.3) is 5.57 Å². The summed E-state index contributed by atoms with van der Waals surface area (Å²) in [4.78, 5) is 15.8. The lowest BCUT2D eigenvalue weighted by atomic mass is 9.77. The van der Waals surface area contributed by atoms with Gasteiger partial charge in [-0.15, -0.1) is 0 Å². The SMILES string of the molecule is O=C(O)N1CC[C@H]2[C@@H](C1)C1=CC(c3ccc(Cl)c(Cl)c3)=CC3CCCN2C13. The molecule has 1 aliphatic carbocycles. The summed E-state index contributed by atoms with van der Waals surface area (Å²) in [5.74, 6) is 0.791. The Morgan fingerprint density at radius 1 is 1.15 bits per heavy atom. The summed E-state index contributed by atoms with van der Waals surface area (Å²) in [7, 11) is 0. The first kappa shape index (κ1) is 17.6. The summed E-state index contributed by atoms with van der Waals surface area (Å²) < 4.78 is 0. The number of piperidine rings is 2. The predicted octanol–water partition coefficient (Wildman–Crippen LogP) is 4.78. The third-order valence-electron chi connectivity index (χ3n) is 6.73. The smallest absolute Gasteiger partial charge is 0.407 e. The Bertz CT molecular complexity index is 866. The molecule has 0 radical (unpaired) electrons. The van der Waals surface area contributed by atoms with Crippen molar-refractivity contribution in [2.45, 2.75) is 31.3 Å². The van der Waals surface area contributed by atoms with Crippen molar-refractivity contribution in [3.8, 4) is 0 Å². The Kier molecular flexibility index (Phi) is 4.26. The fourth-order valence-electron chi connectivity index (χ4n) is 5.60. The Labute approximate surface area is 169 Å². The van der Waals surface area contributed by atoms with Crippen molar-refractivity contribution >= 4 is 34.9 Å². The molecule has 3 heterocycles. The first-order valence-electron chi connectivity index (χ1n) is 9.65. The minimum atomic E-state index is -0.800. The Morgan fingerprint density at radius 2 is 2.00 bits per heavy atom. The quantitative estimate of drug-likeness (QED) is 0.732. The van der Waals surface area contributed by atoms with E-state index in [0.717, 1.165) is 18.5 Å². The van der Waals surface area contributed by atoms with Gasteiger partial charge in [0, 0.05) is 31.1 Å². The van der Waals surface area contributed by atoms with Crippen molar-refractivity contribution in [2.24, 2.45) is 11.8 Å². The zero-order valence-electron chi connectivity index (χ0n) is 14.9. The van der Waals surface area contributed by atoms with Crippen LogP contribution in [0.5, 0.6) is 0 Å². The number of fused-ring (bicyclic) bond motifs is 3. The average Bonchev–Trinajstić information content (AvgIpc) is 2.99. The number of carbonyl (C=O) groups is 1. The maximum Gasteiger partial charge on any atom is 0.407 e. The second kappa shape index (κ2) is 6.54. The molecule has 3 aliphatic heterocycles. The topological polar surface area (TPSA) is 43.8 Å². The zero-order chi connectivity index (χ0) is 18.7. The summed E-state index contributed by atoms with van der Waals surface area (Å²) in [6.45, 7) is 2.38. The molecule has 5 rings (SSSR count). The van der Waals surface area contributed by atoms with E-state index in [4.69, 9.17) is 23.2 Å². The van der Waals surface area contributed by atoms with Crippen molar-refractivity contribution < 1.29 is 9.90 Å². The number of nitrogens with zero attached hydrogens (tertiary/aromatic N) is 2. The summed E-state index contributed by atoms with van der Waals surface area (Å²) in [6, 6.07) is 6.72. The number of amides is 1. The van der Waals surface area contributed by atoms with Crippen molar-refractivity contribution in [2.75, 3.05) is 19.6 Å². The van der Waals surface area contributed by atoms with Crippen LogP contribution in [0.1, 0.15) is 24.8 Å². The van der Waals surface area contributed by atoms with E-state index in [1.807, 2.05) is 18.2 Å². The molecule has 4 atom stereocenters. The van der Waals surface area contributed by atoms with Gasteiger partial charge < -0.3 is 10.0 Å². The van der Waals surface area contributed by atoms with E-state index >= 15 is 0 Å². The minimum absolute atomic E-state index is 0.298. The van der Waals surface area contributed by atoms with Crippen LogP contribution in [0, 0.1) is 11.8 Å². The Hall–Kier alpha value is -1.49. The molecule has 6 heteroatoms. The number of halogens is 2. The number of rotatable bonds is 1. The van der Waals surface area contributed by atoms with Crippen LogP contribution in [0.15, 0.2) is 35.9 Å². The number of likely N-dealkylation sites (tertiary alicyclic amines) is 1. The average molecular weight is 405 g/mol. The lowest BCUT2D eigenvalue weighted by Gasteiger charge is -2.41. The molecule has 1 aromatic carbocycles. The van der Waals surface area contributed by atoms with Gasteiger partial charge in [-0.3, -0.25) is 4.90 Å². The largest absolute Gasteiger partial charge is 0.465 e. The van der Waals surface area contributed by atoms with E-state index < -0.39 is 6.09 Å². The summed E-state index contributed by atoms with van der Waals surface area (Å²) in [6.07, 6.45) is 7.21. The summed E-state index contributed by atoms with van der Waals surface area (Å²) >= 11 is 12.3. The molecule has 4 aliphatic rings. The highest BCUT2D eigenvalue weighted by Gasteiger charge is 2.51. The van der Waals surface area contributed by atoms with Gasteiger partial charge in [0.05, 0.1) is 10.0 Å². The van der Waals surface area contributed by atoms with Gasteiger partial charge in [0.25, 0.3) is 0 Å². The molecule has 0 bridgehead atoms. The Balaban J connectivity index is 1.55. The van der Waals surface area contributed by atoms with E-state index in [2.05, 4.69) is 17.1 Å². The molecule has 4 nitrogen and oxygen atoms in total. The van der Waals surface area contributed by atoms with Crippen LogP contribution < -0.4 is 0 Å². The number of benzene rings is 1. The Morgan fingerprint density at radius 3 is 2.78 bits per heavy atom. The molecular weight excluding hydrogens is 383 g/mol. The molecule has 0 saturated carbocycles. The van der Waals surface area contributed by atoms with Crippen LogP contribution in [0.4, 0.5) is 4.79 Å². The minimum Gasteiger partial charge on any atom is -0.465 e. The van der Waals surface area contributed by atoms with Crippen molar-refractivity contribution in [3.05, 3.63) is 51.5 Å². The van der Waals surface area contributed by atoms with Crippen molar-refractivity contribution in [1.82, 2.24) is 9.80 Å². The van der Waals surface area contributed by atoms with Gasteiger partial charge in [0.15, 0.2) is 0 Å². The van der Waals surface area contributed by atoms with Crippen LogP contribution in [0.2, 0.25) is 10.0 Å². The maximum atomic E-state index is 11.5. The highest BCUT2D eigenvalue weighted by Crippen LogP contribution is 2.49. The van der Waals surface area contributed by atoms with Gasteiger partial charge >= 0.3 is 6.09 Å². The van der Waals surface area contributed by atoms with Crippen LogP contribution in [0.3, 0.4) is 0 Å². The van der Waals surface area contributed by atoms with Crippen LogP contribution >= 0.6 is 23.2 Å². The number of allylic oxidation sites excluding steroid dienone is 2. The molecule has 0 aromatic heterocycles. The van der Waals surface area contributed by atoms with Crippen LogP contribution in [-0.2, 0) is 0 Å². The van der Waals surface area contributed by atoms with Gasteiger partial charge in [-0.05, 0) is 60.6 Å². The van der Waals surface area contributed by atoms with Crippen LogP contribution in [-0.4, -0.2) is 52.7 Å². The maximum absolute atomic E-state index is 11.5. The lowest BCUT2D eigenvalue weighted by molar-refractivity contribution is 0.0708. The van der Waals surface area contributed by atoms with E-state index in [0.29, 0.717) is 47.1 Å². The van der Waals surface area contributed by atoms with Gasteiger partial charge in [-0.1, -0.05) is 41.4 Å². The van der Waals surface area contributed by atoms with E-state index in [9.17, 15) is 9.90 Å². The predicted molar refractivity (Wildman–Crippen MR) is 107 cm³/mol. The number of carboxylic acid groups (broad SMARTS) is 1. The molecule has 1 amide bonds. The standard InChI is InChI=1S/C21H22Cl2N2O2/c22-17-4-3-12(10-18(17)23)14-8-13-2-1-6-25-19-5-7-24(21(26)27)11-16(19)15(9-14)20(13)25/h3-4,8-10,13,16,19-20H,1-2,5-7,11H2,(H,26,27)/t13?,16-,19-,20?/m0/s1. The number of hydrogen-bond donors (Lipinski definition) is 1. The molecule has 3 fully saturated rings. The van der Waals surface area contributed by atoms with Crippen molar-refractivity contribution in [1.29, 1.82) is 0 Å². The zero-order valence-corrected chi connectivity index (χ0v) is 16.5.